The summed E-state index contributed by atoms with van der Waals surface area (Å²) in [5.41, 5.74) is 0.776. The highest BCUT2D eigenvalue weighted by molar-refractivity contribution is 6.31. The maximum Gasteiger partial charge on any atom is 0.266 e. The Kier molecular flexibility index (Phi) is 4.56. The van der Waals surface area contributed by atoms with Crippen molar-refractivity contribution in [1.82, 2.24) is 5.32 Å². The molecule has 21 heavy (non-hydrogen) atoms. The molecule has 1 N–H and O–H groups in total. The lowest BCUT2D eigenvalue weighted by molar-refractivity contribution is -0.120. The topological polar surface area (TPSA) is 44.7 Å². The minimum Gasteiger partial charge on any atom is -0.301 e. The Morgan fingerprint density at radius 1 is 1.14 bits per heavy atom. The molecule has 2 atom stereocenters. The zero-order valence-corrected chi connectivity index (χ0v) is 12.7. The summed E-state index contributed by atoms with van der Waals surface area (Å²) in [5, 5.41) is 8.69. The van der Waals surface area contributed by atoms with Gasteiger partial charge in [-0.25, -0.2) is 0 Å². The highest BCUT2D eigenvalue weighted by atomic mass is 35.5. The van der Waals surface area contributed by atoms with Gasteiger partial charge in [-0.1, -0.05) is 37.5 Å². The molecule has 2 aliphatic rings. The first-order chi connectivity index (χ1) is 10.3. The largest absolute Gasteiger partial charge is 0.301 e. The van der Waals surface area contributed by atoms with E-state index in [1.807, 2.05) is 30.3 Å². The van der Waals surface area contributed by atoms with Gasteiger partial charge < -0.3 is 5.32 Å². The third-order valence-corrected chi connectivity index (χ3v) is 4.50. The second kappa shape index (κ2) is 6.58. The molecule has 1 aromatic rings. The van der Waals surface area contributed by atoms with Crippen LogP contribution in [0.2, 0.25) is 0 Å². The summed E-state index contributed by atoms with van der Waals surface area (Å²) in [5.74, 6) is -0.0747. The molecular formula is C16H20ClN3O. The number of carbonyl (C=O) groups is 1. The van der Waals surface area contributed by atoms with Gasteiger partial charge in [0, 0.05) is 12.3 Å². The fraction of sp³-hybridized carbons (Fsp3) is 0.500. The van der Waals surface area contributed by atoms with Crippen molar-refractivity contribution in [3.63, 3.8) is 0 Å². The van der Waals surface area contributed by atoms with Crippen molar-refractivity contribution >= 4 is 29.4 Å². The Morgan fingerprint density at radius 3 is 2.57 bits per heavy atom. The lowest BCUT2D eigenvalue weighted by atomic mass is 9.94. The van der Waals surface area contributed by atoms with Gasteiger partial charge in [-0.3, -0.25) is 4.79 Å². The zero-order valence-electron chi connectivity index (χ0n) is 11.9. The maximum atomic E-state index is 12.7. The van der Waals surface area contributed by atoms with Gasteiger partial charge in [0.1, 0.15) is 6.04 Å². The predicted octanol–water partition coefficient (Wildman–Crippen LogP) is 2.92. The number of amides is 1. The molecule has 0 radical (unpaired) electrons. The first kappa shape index (κ1) is 14.5. The van der Waals surface area contributed by atoms with E-state index in [2.05, 4.69) is 10.4 Å². The van der Waals surface area contributed by atoms with Crippen molar-refractivity contribution in [3.05, 3.63) is 30.3 Å². The second-order valence-electron chi connectivity index (χ2n) is 5.67. The second-order valence-corrected chi connectivity index (χ2v) is 6.18. The number of nitrogens with one attached hydrogen (secondary N) is 1. The van der Waals surface area contributed by atoms with Crippen LogP contribution in [0.15, 0.2) is 35.4 Å². The van der Waals surface area contributed by atoms with Crippen LogP contribution in [-0.2, 0) is 4.79 Å². The van der Waals surface area contributed by atoms with Crippen LogP contribution in [0.1, 0.15) is 32.1 Å². The van der Waals surface area contributed by atoms with E-state index in [9.17, 15) is 4.79 Å². The highest BCUT2D eigenvalue weighted by Gasteiger charge is 2.35. The molecule has 5 heteroatoms. The summed E-state index contributed by atoms with van der Waals surface area (Å²) in [4.78, 5) is 12.7. The van der Waals surface area contributed by atoms with Crippen LogP contribution in [0.3, 0.4) is 0 Å². The number of nitrogens with zero attached hydrogens (tertiary/aromatic N) is 2. The summed E-state index contributed by atoms with van der Waals surface area (Å²) in [6, 6.07) is 9.46. The van der Waals surface area contributed by atoms with E-state index >= 15 is 0 Å². The van der Waals surface area contributed by atoms with Gasteiger partial charge in [0.2, 0.25) is 0 Å². The molecule has 0 spiro atoms. The number of halogens is 1. The van der Waals surface area contributed by atoms with E-state index in [-0.39, 0.29) is 11.3 Å². The molecule has 112 valence electrons. The van der Waals surface area contributed by atoms with Crippen molar-refractivity contribution in [1.29, 1.82) is 0 Å². The number of benzene rings is 1. The average Bonchev–Trinajstić information content (AvgIpc) is 2.53. The molecule has 0 unspecified atom stereocenters. The third kappa shape index (κ3) is 3.27. The first-order valence-corrected chi connectivity index (χ1v) is 8.02. The standard InChI is InChI=1S/C16H20ClN3O/c17-14-11-18-20(13-9-5-2-6-10-13)16(21)15(14)19-12-7-3-1-4-8-12/h2,5-6,9-12,14-15,19H,1,3-4,7-8H2/t14-,15-/m1/s1. The summed E-state index contributed by atoms with van der Waals surface area (Å²) < 4.78 is 0. The summed E-state index contributed by atoms with van der Waals surface area (Å²) in [7, 11) is 0. The molecule has 1 saturated carbocycles. The molecule has 1 heterocycles. The van der Waals surface area contributed by atoms with Crippen LogP contribution >= 0.6 is 11.6 Å². The van der Waals surface area contributed by atoms with E-state index in [4.69, 9.17) is 11.6 Å². The van der Waals surface area contributed by atoms with Crippen LogP contribution < -0.4 is 10.3 Å². The minimum atomic E-state index is -0.396. The number of carbonyl (C=O) groups excluding carboxylic acids is 1. The number of hydrogen-bond donors (Lipinski definition) is 1. The van der Waals surface area contributed by atoms with Gasteiger partial charge >= 0.3 is 0 Å². The molecular weight excluding hydrogens is 286 g/mol. The maximum absolute atomic E-state index is 12.7. The minimum absolute atomic E-state index is 0.0747. The molecule has 3 rings (SSSR count). The van der Waals surface area contributed by atoms with Gasteiger partial charge in [0.05, 0.1) is 11.1 Å². The molecule has 1 aromatic carbocycles. The lowest BCUT2D eigenvalue weighted by Crippen LogP contribution is -2.56. The van der Waals surface area contributed by atoms with Crippen molar-refractivity contribution < 1.29 is 4.79 Å². The number of hydrazone groups is 1. The van der Waals surface area contributed by atoms with Gasteiger partial charge in [-0.2, -0.15) is 10.1 Å². The van der Waals surface area contributed by atoms with E-state index in [0.717, 1.165) is 18.5 Å². The Hall–Kier alpha value is -1.39. The molecule has 1 aliphatic heterocycles. The molecule has 4 nitrogen and oxygen atoms in total. The monoisotopic (exact) mass is 305 g/mol. The van der Waals surface area contributed by atoms with Crippen LogP contribution in [0.5, 0.6) is 0 Å². The number of rotatable bonds is 3. The summed E-state index contributed by atoms with van der Waals surface area (Å²) in [6.45, 7) is 0. The third-order valence-electron chi connectivity index (χ3n) is 4.14. The zero-order chi connectivity index (χ0) is 14.7. The van der Waals surface area contributed by atoms with Crippen molar-refractivity contribution in [2.45, 2.75) is 49.6 Å². The number of anilines is 1. The van der Waals surface area contributed by atoms with Crippen molar-refractivity contribution in [2.24, 2.45) is 5.10 Å². The number of para-hydroxylation sites is 1. The predicted molar refractivity (Wildman–Crippen MR) is 85.9 cm³/mol. The first-order valence-electron chi connectivity index (χ1n) is 7.59. The smallest absolute Gasteiger partial charge is 0.266 e. The number of hydrogen-bond acceptors (Lipinski definition) is 3. The lowest BCUT2D eigenvalue weighted by Gasteiger charge is -2.33. The van der Waals surface area contributed by atoms with Crippen LogP contribution in [-0.4, -0.2) is 29.6 Å². The van der Waals surface area contributed by atoms with Crippen LogP contribution in [0.25, 0.3) is 0 Å². The fourth-order valence-electron chi connectivity index (χ4n) is 2.99. The highest BCUT2D eigenvalue weighted by Crippen LogP contribution is 2.23. The fourth-order valence-corrected chi connectivity index (χ4v) is 3.22. The quantitative estimate of drug-likeness (QED) is 0.873. The van der Waals surface area contributed by atoms with Gasteiger partial charge in [0.25, 0.3) is 5.91 Å². The van der Waals surface area contributed by atoms with Gasteiger partial charge in [-0.05, 0) is 25.0 Å². The summed E-state index contributed by atoms with van der Waals surface area (Å²) in [6.07, 6.45) is 7.63. The van der Waals surface area contributed by atoms with E-state index < -0.39 is 6.04 Å². The SMILES string of the molecule is O=C1[C@H](NC2CCCCC2)[C@H](Cl)C=NN1c1ccccc1. The van der Waals surface area contributed by atoms with Crippen molar-refractivity contribution in [3.8, 4) is 0 Å². The Labute approximate surface area is 130 Å². The Morgan fingerprint density at radius 2 is 1.86 bits per heavy atom. The van der Waals surface area contributed by atoms with Crippen LogP contribution in [0.4, 0.5) is 5.69 Å². The molecule has 1 amide bonds. The van der Waals surface area contributed by atoms with E-state index in [1.54, 1.807) is 6.21 Å². The van der Waals surface area contributed by atoms with Crippen molar-refractivity contribution in [2.75, 3.05) is 5.01 Å². The molecule has 1 aliphatic carbocycles. The van der Waals surface area contributed by atoms with E-state index in [0.29, 0.717) is 6.04 Å². The Balaban J connectivity index is 1.75. The molecule has 0 aromatic heterocycles. The number of alkyl halides is 1. The molecule has 0 saturated heterocycles. The van der Waals surface area contributed by atoms with Gasteiger partial charge in [-0.15, -0.1) is 11.6 Å². The Bertz CT molecular complexity index is 514. The van der Waals surface area contributed by atoms with Gasteiger partial charge in [0.15, 0.2) is 0 Å². The average molecular weight is 306 g/mol. The normalized spacial score (nSPS) is 27.1. The van der Waals surface area contributed by atoms with Crippen LogP contribution in [0, 0.1) is 0 Å². The molecule has 0 bridgehead atoms. The van der Waals surface area contributed by atoms with E-state index in [1.165, 1.54) is 24.3 Å². The molecule has 1 fully saturated rings. The summed E-state index contributed by atoms with van der Waals surface area (Å²) >= 11 is 6.29.